The van der Waals surface area contributed by atoms with Crippen molar-refractivity contribution in [1.82, 2.24) is 9.38 Å². The summed E-state index contributed by atoms with van der Waals surface area (Å²) < 4.78 is 31.7. The van der Waals surface area contributed by atoms with Crippen LogP contribution in [0.2, 0.25) is 0 Å². The highest BCUT2D eigenvalue weighted by Gasteiger charge is 2.09. The van der Waals surface area contributed by atoms with E-state index in [1.807, 2.05) is 0 Å². The Labute approximate surface area is 74.4 Å². The Morgan fingerprint density at radius 3 is 2.85 bits per heavy atom. The highest BCUT2D eigenvalue weighted by Crippen LogP contribution is 2.09. The minimum absolute atomic E-state index is 0.141. The topological polar surface area (TPSA) is 71.7 Å². The summed E-state index contributed by atoms with van der Waals surface area (Å²) in [5, 5.41) is 0. The molecule has 2 heterocycles. The number of aromatic nitrogens is 2. The minimum atomic E-state index is -4.12. The van der Waals surface area contributed by atoms with Gasteiger partial charge in [0.15, 0.2) is 0 Å². The zero-order chi connectivity index (χ0) is 9.47. The summed E-state index contributed by atoms with van der Waals surface area (Å²) in [7, 11) is -4.12. The first-order valence-electron chi connectivity index (χ1n) is 3.47. The summed E-state index contributed by atoms with van der Waals surface area (Å²) >= 11 is 0. The van der Waals surface area contributed by atoms with Crippen LogP contribution in [0.15, 0.2) is 35.6 Å². The lowest BCUT2D eigenvalue weighted by Crippen LogP contribution is -1.99. The van der Waals surface area contributed by atoms with Crippen LogP contribution < -0.4 is 0 Å². The van der Waals surface area contributed by atoms with Crippen molar-refractivity contribution in [2.24, 2.45) is 0 Å². The van der Waals surface area contributed by atoms with Crippen LogP contribution in [0.5, 0.6) is 0 Å². The van der Waals surface area contributed by atoms with Crippen molar-refractivity contribution in [1.29, 1.82) is 0 Å². The molecule has 0 amide bonds. The van der Waals surface area contributed by atoms with E-state index < -0.39 is 10.1 Å². The Morgan fingerprint density at radius 1 is 1.38 bits per heavy atom. The molecule has 0 aliphatic heterocycles. The molecule has 0 aromatic carbocycles. The molecule has 0 saturated heterocycles. The molecule has 2 aromatic heterocycles. The van der Waals surface area contributed by atoms with Gasteiger partial charge in [0.1, 0.15) is 10.5 Å². The number of imidazole rings is 1. The fraction of sp³-hybridized carbons (Fsp3) is 0. The molecular formula is C7H6N2O3S. The van der Waals surface area contributed by atoms with Crippen LogP contribution in [0.4, 0.5) is 0 Å². The van der Waals surface area contributed by atoms with Gasteiger partial charge in [-0.25, -0.2) is 4.98 Å². The first-order chi connectivity index (χ1) is 6.07. The molecule has 1 N–H and O–H groups in total. The molecule has 0 spiro atoms. The highest BCUT2D eigenvalue weighted by molar-refractivity contribution is 7.85. The summed E-state index contributed by atoms with van der Waals surface area (Å²) in [6.07, 6.45) is 4.45. The van der Waals surface area contributed by atoms with Gasteiger partial charge >= 0.3 is 0 Å². The van der Waals surface area contributed by atoms with Crippen LogP contribution >= 0.6 is 0 Å². The maximum absolute atomic E-state index is 10.7. The summed E-state index contributed by atoms with van der Waals surface area (Å²) in [6.45, 7) is 0. The van der Waals surface area contributed by atoms with E-state index in [2.05, 4.69) is 4.98 Å². The Balaban J connectivity index is 2.75. The van der Waals surface area contributed by atoms with E-state index >= 15 is 0 Å². The van der Waals surface area contributed by atoms with Gasteiger partial charge in [0, 0.05) is 18.6 Å². The monoisotopic (exact) mass is 198 g/mol. The van der Waals surface area contributed by atoms with E-state index in [-0.39, 0.29) is 4.90 Å². The van der Waals surface area contributed by atoms with Crippen molar-refractivity contribution < 1.29 is 13.0 Å². The van der Waals surface area contributed by atoms with E-state index in [4.69, 9.17) is 4.55 Å². The molecule has 0 unspecified atom stereocenters. The lowest BCUT2D eigenvalue weighted by Gasteiger charge is -1.97. The average molecular weight is 198 g/mol. The predicted octanol–water partition coefficient (Wildman–Crippen LogP) is 0.581. The molecule has 68 valence electrons. The third kappa shape index (κ3) is 1.41. The number of fused-ring (bicyclic) bond motifs is 1. The first kappa shape index (κ1) is 8.21. The Bertz CT molecular complexity index is 544. The van der Waals surface area contributed by atoms with Gasteiger partial charge in [-0.3, -0.25) is 4.55 Å². The van der Waals surface area contributed by atoms with E-state index in [0.717, 1.165) is 0 Å². The normalized spacial score (nSPS) is 12.1. The third-order valence-electron chi connectivity index (χ3n) is 1.66. The lowest BCUT2D eigenvalue weighted by molar-refractivity contribution is 0.482. The molecule has 6 heteroatoms. The number of nitrogens with zero attached hydrogens (tertiary/aromatic N) is 2. The third-order valence-corrected chi connectivity index (χ3v) is 2.50. The zero-order valence-electron chi connectivity index (χ0n) is 6.45. The second-order valence-corrected chi connectivity index (χ2v) is 3.95. The lowest BCUT2D eigenvalue weighted by atomic mass is 10.5. The van der Waals surface area contributed by atoms with Crippen molar-refractivity contribution >= 4 is 15.8 Å². The molecule has 0 atom stereocenters. The summed E-state index contributed by atoms with van der Waals surface area (Å²) in [5.74, 6) is 0. The van der Waals surface area contributed by atoms with E-state index in [1.165, 1.54) is 22.7 Å². The summed E-state index contributed by atoms with van der Waals surface area (Å²) in [4.78, 5) is 3.79. The molecule has 0 bridgehead atoms. The summed E-state index contributed by atoms with van der Waals surface area (Å²) in [5.41, 5.74) is 0.632. The van der Waals surface area contributed by atoms with E-state index in [1.54, 1.807) is 12.4 Å². The van der Waals surface area contributed by atoms with Crippen LogP contribution in [0, 0.1) is 0 Å². The molecular weight excluding hydrogens is 192 g/mol. The van der Waals surface area contributed by atoms with Crippen LogP contribution in [0.1, 0.15) is 0 Å². The van der Waals surface area contributed by atoms with Gasteiger partial charge in [-0.2, -0.15) is 8.42 Å². The number of pyridine rings is 1. The molecule has 0 radical (unpaired) electrons. The van der Waals surface area contributed by atoms with E-state index in [9.17, 15) is 8.42 Å². The smallest absolute Gasteiger partial charge is 0.295 e. The number of rotatable bonds is 1. The molecule has 0 aliphatic carbocycles. The van der Waals surface area contributed by atoms with Gasteiger partial charge in [-0.15, -0.1) is 0 Å². The van der Waals surface area contributed by atoms with Crippen molar-refractivity contribution in [3.8, 4) is 0 Å². The highest BCUT2D eigenvalue weighted by atomic mass is 32.2. The maximum Gasteiger partial charge on any atom is 0.295 e. The predicted molar refractivity (Wildman–Crippen MR) is 45.0 cm³/mol. The van der Waals surface area contributed by atoms with Crippen LogP contribution in [0.3, 0.4) is 0 Å². The van der Waals surface area contributed by atoms with Gasteiger partial charge in [-0.05, 0) is 12.1 Å². The van der Waals surface area contributed by atoms with Gasteiger partial charge in [0.2, 0.25) is 0 Å². The molecule has 0 saturated carbocycles. The first-order valence-corrected chi connectivity index (χ1v) is 4.91. The van der Waals surface area contributed by atoms with Crippen molar-refractivity contribution in [2.75, 3.05) is 0 Å². The average Bonchev–Trinajstić information content (AvgIpc) is 2.47. The van der Waals surface area contributed by atoms with Gasteiger partial charge in [0.05, 0.1) is 0 Å². The van der Waals surface area contributed by atoms with Crippen LogP contribution in [0.25, 0.3) is 5.65 Å². The Hall–Kier alpha value is -1.40. The van der Waals surface area contributed by atoms with Crippen LogP contribution in [-0.2, 0) is 10.1 Å². The fourth-order valence-corrected chi connectivity index (χ4v) is 1.54. The fourth-order valence-electron chi connectivity index (χ4n) is 1.05. The molecule has 0 aliphatic rings. The largest absolute Gasteiger partial charge is 0.306 e. The van der Waals surface area contributed by atoms with Crippen molar-refractivity contribution in [3.05, 3.63) is 30.7 Å². The summed E-state index contributed by atoms with van der Waals surface area (Å²) in [6, 6.07) is 2.82. The molecule has 2 rings (SSSR count). The van der Waals surface area contributed by atoms with Gasteiger partial charge in [-0.1, -0.05) is 0 Å². The Morgan fingerprint density at radius 2 is 2.15 bits per heavy atom. The van der Waals surface area contributed by atoms with Crippen LogP contribution in [-0.4, -0.2) is 22.4 Å². The van der Waals surface area contributed by atoms with E-state index in [0.29, 0.717) is 5.65 Å². The van der Waals surface area contributed by atoms with Gasteiger partial charge in [0.25, 0.3) is 10.1 Å². The van der Waals surface area contributed by atoms with Crippen molar-refractivity contribution in [2.45, 2.75) is 4.90 Å². The van der Waals surface area contributed by atoms with Crippen molar-refractivity contribution in [3.63, 3.8) is 0 Å². The van der Waals surface area contributed by atoms with Gasteiger partial charge < -0.3 is 4.40 Å². The number of hydrogen-bond acceptors (Lipinski definition) is 3. The Kier molecular flexibility index (Phi) is 1.61. The maximum atomic E-state index is 10.7. The quantitative estimate of drug-likeness (QED) is 0.680. The molecule has 0 fully saturated rings. The standard InChI is InChI=1S/C7H6N2O3S/c10-13(11,12)6-1-2-7-8-3-4-9(7)5-6/h1-5H,(H,10,11,12). The number of hydrogen-bond donors (Lipinski definition) is 1. The zero-order valence-corrected chi connectivity index (χ0v) is 7.27. The second kappa shape index (κ2) is 2.54. The minimum Gasteiger partial charge on any atom is -0.306 e. The molecule has 5 nitrogen and oxygen atoms in total. The second-order valence-electron chi connectivity index (χ2n) is 2.53. The SMILES string of the molecule is O=S(=O)(O)c1ccc2nccn2c1. The molecule has 2 aromatic rings. The molecule has 13 heavy (non-hydrogen) atoms.